The van der Waals surface area contributed by atoms with Gasteiger partial charge in [0.15, 0.2) is 11.5 Å². The minimum absolute atomic E-state index is 0.145. The van der Waals surface area contributed by atoms with E-state index in [1.807, 2.05) is 30.3 Å². The summed E-state index contributed by atoms with van der Waals surface area (Å²) in [5, 5.41) is 2.65. The summed E-state index contributed by atoms with van der Waals surface area (Å²) in [5.74, 6) is 0.365. The van der Waals surface area contributed by atoms with Crippen LogP contribution in [0.5, 0.6) is 17.2 Å². The van der Waals surface area contributed by atoms with Crippen molar-refractivity contribution in [2.45, 2.75) is 13.2 Å². The van der Waals surface area contributed by atoms with Crippen LogP contribution in [0.2, 0.25) is 0 Å². The molecule has 3 aromatic carbocycles. The quantitative estimate of drug-likeness (QED) is 0.571. The summed E-state index contributed by atoms with van der Waals surface area (Å²) in [4.78, 5) is 12.4. The van der Waals surface area contributed by atoms with Gasteiger partial charge >= 0.3 is 6.61 Å². The van der Waals surface area contributed by atoms with Gasteiger partial charge in [-0.05, 0) is 42.0 Å². The molecule has 0 atom stereocenters. The van der Waals surface area contributed by atoms with E-state index >= 15 is 0 Å². The van der Waals surface area contributed by atoms with Gasteiger partial charge < -0.3 is 19.5 Å². The molecule has 0 spiro atoms. The van der Waals surface area contributed by atoms with Crippen LogP contribution < -0.4 is 19.5 Å². The zero-order valence-electron chi connectivity index (χ0n) is 15.6. The average Bonchev–Trinajstić information content (AvgIpc) is 2.73. The third-order valence-electron chi connectivity index (χ3n) is 4.00. The number of anilines is 1. The van der Waals surface area contributed by atoms with Crippen LogP contribution in [-0.2, 0) is 6.61 Å². The lowest BCUT2D eigenvalue weighted by Gasteiger charge is -2.12. The normalized spacial score (nSPS) is 10.5. The van der Waals surface area contributed by atoms with Crippen LogP contribution in [0, 0.1) is 0 Å². The summed E-state index contributed by atoms with van der Waals surface area (Å²) in [5.41, 5.74) is 1.63. The molecule has 3 rings (SSSR count). The van der Waals surface area contributed by atoms with Gasteiger partial charge in [-0.3, -0.25) is 4.79 Å². The van der Waals surface area contributed by atoms with E-state index in [4.69, 9.17) is 9.47 Å². The number of ether oxygens (including phenoxy) is 3. The van der Waals surface area contributed by atoms with Crippen molar-refractivity contribution in [1.29, 1.82) is 0 Å². The Morgan fingerprint density at radius 2 is 1.69 bits per heavy atom. The fourth-order valence-corrected chi connectivity index (χ4v) is 2.58. The SMILES string of the molecule is COc1ccc(NC(=O)c2ccc(COc3ccccc3)cc2)cc1OC(F)F. The zero-order valence-corrected chi connectivity index (χ0v) is 15.6. The fourth-order valence-electron chi connectivity index (χ4n) is 2.58. The van der Waals surface area contributed by atoms with Crippen LogP contribution in [0.1, 0.15) is 15.9 Å². The van der Waals surface area contributed by atoms with E-state index in [1.54, 1.807) is 24.3 Å². The highest BCUT2D eigenvalue weighted by Crippen LogP contribution is 2.31. The summed E-state index contributed by atoms with van der Waals surface area (Å²) >= 11 is 0. The van der Waals surface area contributed by atoms with Crippen molar-refractivity contribution in [3.05, 3.63) is 83.9 Å². The molecule has 0 saturated carbocycles. The van der Waals surface area contributed by atoms with E-state index in [0.29, 0.717) is 17.9 Å². The Kier molecular flexibility index (Phi) is 6.63. The Balaban J connectivity index is 1.63. The van der Waals surface area contributed by atoms with Crippen molar-refractivity contribution < 1.29 is 27.8 Å². The number of carbonyl (C=O) groups excluding carboxylic acids is 1. The second-order valence-corrected chi connectivity index (χ2v) is 6.00. The molecule has 0 fully saturated rings. The molecule has 150 valence electrons. The minimum atomic E-state index is -3.00. The van der Waals surface area contributed by atoms with Crippen LogP contribution in [0.15, 0.2) is 72.8 Å². The summed E-state index contributed by atoms with van der Waals surface area (Å²) in [7, 11) is 1.34. The van der Waals surface area contributed by atoms with Crippen molar-refractivity contribution in [3.63, 3.8) is 0 Å². The third-order valence-corrected chi connectivity index (χ3v) is 4.00. The number of hydrogen-bond acceptors (Lipinski definition) is 4. The van der Waals surface area contributed by atoms with Crippen LogP contribution in [0.3, 0.4) is 0 Å². The van der Waals surface area contributed by atoms with Gasteiger partial charge in [0, 0.05) is 17.3 Å². The topological polar surface area (TPSA) is 56.8 Å². The number of carbonyl (C=O) groups is 1. The Hall–Kier alpha value is -3.61. The number of nitrogens with one attached hydrogen (secondary N) is 1. The molecule has 0 aliphatic rings. The van der Waals surface area contributed by atoms with Gasteiger partial charge in [0.2, 0.25) is 0 Å². The van der Waals surface area contributed by atoms with E-state index in [2.05, 4.69) is 10.1 Å². The lowest BCUT2D eigenvalue weighted by atomic mass is 10.1. The maximum absolute atomic E-state index is 12.5. The van der Waals surface area contributed by atoms with E-state index in [9.17, 15) is 13.6 Å². The molecular formula is C22H19F2NO4. The molecule has 3 aromatic rings. The molecular weight excluding hydrogens is 380 g/mol. The molecule has 0 radical (unpaired) electrons. The third kappa shape index (κ3) is 5.68. The van der Waals surface area contributed by atoms with E-state index in [0.717, 1.165) is 11.3 Å². The predicted octanol–water partition coefficient (Wildman–Crippen LogP) is 5.13. The zero-order chi connectivity index (χ0) is 20.6. The van der Waals surface area contributed by atoms with Gasteiger partial charge in [-0.2, -0.15) is 8.78 Å². The summed E-state index contributed by atoms with van der Waals surface area (Å²) < 4.78 is 40.1. The fraction of sp³-hybridized carbons (Fsp3) is 0.136. The number of benzene rings is 3. The first-order valence-electron chi connectivity index (χ1n) is 8.76. The van der Waals surface area contributed by atoms with E-state index in [-0.39, 0.29) is 17.4 Å². The maximum atomic E-state index is 12.5. The number of alkyl halides is 2. The van der Waals surface area contributed by atoms with Crippen molar-refractivity contribution in [2.24, 2.45) is 0 Å². The molecule has 1 N–H and O–H groups in total. The van der Waals surface area contributed by atoms with Crippen LogP contribution in [0.25, 0.3) is 0 Å². The molecule has 0 aliphatic carbocycles. The smallest absolute Gasteiger partial charge is 0.387 e. The molecule has 7 heteroatoms. The molecule has 1 amide bonds. The molecule has 0 aromatic heterocycles. The lowest BCUT2D eigenvalue weighted by Crippen LogP contribution is -2.12. The highest BCUT2D eigenvalue weighted by Gasteiger charge is 2.13. The van der Waals surface area contributed by atoms with E-state index in [1.165, 1.54) is 25.3 Å². The van der Waals surface area contributed by atoms with Crippen molar-refractivity contribution in [3.8, 4) is 17.2 Å². The molecule has 5 nitrogen and oxygen atoms in total. The Labute approximate surface area is 166 Å². The average molecular weight is 399 g/mol. The van der Waals surface area contributed by atoms with Crippen molar-refractivity contribution >= 4 is 11.6 Å². The number of rotatable bonds is 8. The molecule has 0 bridgehead atoms. The van der Waals surface area contributed by atoms with Crippen LogP contribution >= 0.6 is 0 Å². The predicted molar refractivity (Wildman–Crippen MR) is 105 cm³/mol. The van der Waals surface area contributed by atoms with Gasteiger partial charge in [-0.15, -0.1) is 0 Å². The Morgan fingerprint density at radius 3 is 2.34 bits per heavy atom. The van der Waals surface area contributed by atoms with E-state index < -0.39 is 6.61 Å². The van der Waals surface area contributed by atoms with Crippen LogP contribution in [-0.4, -0.2) is 19.6 Å². The molecule has 0 aliphatic heterocycles. The van der Waals surface area contributed by atoms with Gasteiger partial charge in [0.05, 0.1) is 7.11 Å². The molecule has 0 saturated heterocycles. The number of methoxy groups -OCH3 is 1. The minimum Gasteiger partial charge on any atom is -0.493 e. The second kappa shape index (κ2) is 9.54. The number of halogens is 2. The van der Waals surface area contributed by atoms with Crippen molar-refractivity contribution in [1.82, 2.24) is 0 Å². The summed E-state index contributed by atoms with van der Waals surface area (Å²) in [6, 6.07) is 20.6. The van der Waals surface area contributed by atoms with Crippen molar-refractivity contribution in [2.75, 3.05) is 12.4 Å². The maximum Gasteiger partial charge on any atom is 0.387 e. The van der Waals surface area contributed by atoms with Crippen LogP contribution in [0.4, 0.5) is 14.5 Å². The Bertz CT molecular complexity index is 947. The highest BCUT2D eigenvalue weighted by atomic mass is 19.3. The largest absolute Gasteiger partial charge is 0.493 e. The number of amides is 1. The summed E-state index contributed by atoms with van der Waals surface area (Å²) in [6.45, 7) is -2.63. The first-order valence-corrected chi connectivity index (χ1v) is 8.76. The highest BCUT2D eigenvalue weighted by molar-refractivity contribution is 6.04. The van der Waals surface area contributed by atoms with Gasteiger partial charge in [-0.1, -0.05) is 30.3 Å². The second-order valence-electron chi connectivity index (χ2n) is 6.00. The molecule has 0 heterocycles. The molecule has 29 heavy (non-hydrogen) atoms. The standard InChI is InChI=1S/C22H19F2NO4/c1-27-19-12-11-17(13-20(19)29-22(23)24)25-21(26)16-9-7-15(8-10-16)14-28-18-5-3-2-4-6-18/h2-13,22H,14H2,1H3,(H,25,26). The Morgan fingerprint density at radius 1 is 0.966 bits per heavy atom. The first kappa shape index (κ1) is 20.1. The first-order chi connectivity index (χ1) is 14.0. The van der Waals surface area contributed by atoms with Gasteiger partial charge in [0.1, 0.15) is 12.4 Å². The molecule has 0 unspecified atom stereocenters. The number of hydrogen-bond donors (Lipinski definition) is 1. The number of para-hydroxylation sites is 1. The monoisotopic (exact) mass is 399 g/mol. The van der Waals surface area contributed by atoms with Gasteiger partial charge in [-0.25, -0.2) is 0 Å². The lowest BCUT2D eigenvalue weighted by molar-refractivity contribution is -0.0511. The summed E-state index contributed by atoms with van der Waals surface area (Å²) in [6.07, 6.45) is 0. The van der Waals surface area contributed by atoms with Gasteiger partial charge in [0.25, 0.3) is 5.91 Å².